The van der Waals surface area contributed by atoms with Gasteiger partial charge >= 0.3 is 0 Å². The van der Waals surface area contributed by atoms with Gasteiger partial charge in [-0.25, -0.2) is 8.78 Å². The lowest BCUT2D eigenvalue weighted by molar-refractivity contribution is -0.384. The molecule has 0 aromatic heterocycles. The van der Waals surface area contributed by atoms with Crippen LogP contribution in [-0.4, -0.2) is 10.8 Å². The van der Waals surface area contributed by atoms with E-state index in [2.05, 4.69) is 21.2 Å². The molecule has 1 amide bonds. The second-order valence-electron chi connectivity index (χ2n) is 4.01. The van der Waals surface area contributed by atoms with Crippen molar-refractivity contribution in [3.8, 4) is 0 Å². The maximum atomic E-state index is 13.6. The largest absolute Gasteiger partial charge is 0.322 e. The lowest BCUT2D eigenvalue weighted by Crippen LogP contribution is -2.16. The predicted octanol–water partition coefficient (Wildman–Crippen LogP) is 3.89. The summed E-state index contributed by atoms with van der Waals surface area (Å²) in [6.45, 7) is 0. The molecular weight excluding hydrogens is 350 g/mol. The average Bonchev–Trinajstić information content (AvgIpc) is 2.37. The molecule has 2 rings (SSSR count). The van der Waals surface area contributed by atoms with E-state index >= 15 is 0 Å². The third-order valence-corrected chi connectivity index (χ3v) is 3.01. The van der Waals surface area contributed by atoms with Gasteiger partial charge in [-0.05, 0) is 18.2 Å². The maximum absolute atomic E-state index is 13.6. The number of non-ortho nitro benzene ring substituents is 1. The minimum absolute atomic E-state index is 0.0657. The fourth-order valence-corrected chi connectivity index (χ4v) is 2.05. The van der Waals surface area contributed by atoms with Gasteiger partial charge in [0.05, 0.1) is 4.92 Å². The van der Waals surface area contributed by atoms with Crippen LogP contribution in [0.5, 0.6) is 0 Å². The van der Waals surface area contributed by atoms with Crippen molar-refractivity contribution in [2.45, 2.75) is 0 Å². The Bertz CT molecular complexity index is 714. The molecule has 0 heterocycles. The number of nitro groups is 1. The van der Waals surface area contributed by atoms with Gasteiger partial charge in [0.25, 0.3) is 11.6 Å². The minimum atomic E-state index is -1.04. The van der Waals surface area contributed by atoms with Crippen molar-refractivity contribution in [2.24, 2.45) is 0 Å². The first-order valence-electron chi connectivity index (χ1n) is 5.59. The molecule has 21 heavy (non-hydrogen) atoms. The van der Waals surface area contributed by atoms with E-state index in [0.29, 0.717) is 0 Å². The van der Waals surface area contributed by atoms with Gasteiger partial charge in [0.1, 0.15) is 17.2 Å². The molecule has 0 atom stereocenters. The van der Waals surface area contributed by atoms with Crippen LogP contribution in [0.2, 0.25) is 0 Å². The van der Waals surface area contributed by atoms with Crippen molar-refractivity contribution in [3.05, 3.63) is 68.2 Å². The van der Waals surface area contributed by atoms with Crippen molar-refractivity contribution >= 4 is 33.2 Å². The number of nitro benzene ring substituents is 1. The average molecular weight is 357 g/mol. The van der Waals surface area contributed by atoms with Gasteiger partial charge in [0.2, 0.25) is 0 Å². The Kier molecular flexibility index (Phi) is 4.27. The van der Waals surface area contributed by atoms with E-state index < -0.39 is 28.0 Å². The van der Waals surface area contributed by atoms with E-state index in [4.69, 9.17) is 0 Å². The maximum Gasteiger partial charge on any atom is 0.271 e. The van der Waals surface area contributed by atoms with Gasteiger partial charge in [-0.1, -0.05) is 22.0 Å². The molecule has 2 aromatic carbocycles. The molecule has 5 nitrogen and oxygen atoms in total. The van der Waals surface area contributed by atoms with Crippen molar-refractivity contribution in [1.29, 1.82) is 0 Å². The van der Waals surface area contributed by atoms with Gasteiger partial charge in [-0.2, -0.15) is 0 Å². The topological polar surface area (TPSA) is 72.2 Å². The van der Waals surface area contributed by atoms with E-state index in [1.807, 2.05) is 0 Å². The Morgan fingerprint density at radius 1 is 1.19 bits per heavy atom. The Morgan fingerprint density at radius 2 is 1.81 bits per heavy atom. The summed E-state index contributed by atoms with van der Waals surface area (Å²) in [6.07, 6.45) is 0. The lowest BCUT2D eigenvalue weighted by atomic mass is 10.1. The van der Waals surface area contributed by atoms with Crippen LogP contribution >= 0.6 is 15.9 Å². The standard InChI is InChI=1S/C13H7BrF2N2O3/c14-7-4-10(15)12(11(16)5-7)13(19)17-8-2-1-3-9(6-8)18(20)21/h1-6H,(H,17,19). The molecular formula is C13H7BrF2N2O3. The summed E-state index contributed by atoms with van der Waals surface area (Å²) in [7, 11) is 0. The molecule has 8 heteroatoms. The van der Waals surface area contributed by atoms with Crippen LogP contribution < -0.4 is 5.32 Å². The normalized spacial score (nSPS) is 10.2. The van der Waals surface area contributed by atoms with E-state index in [1.165, 1.54) is 18.2 Å². The fraction of sp³-hybridized carbons (Fsp3) is 0. The van der Waals surface area contributed by atoms with Crippen molar-refractivity contribution in [1.82, 2.24) is 0 Å². The number of amides is 1. The highest BCUT2D eigenvalue weighted by atomic mass is 79.9. The van der Waals surface area contributed by atoms with Gasteiger partial charge in [-0.15, -0.1) is 0 Å². The molecule has 0 aliphatic carbocycles. The number of rotatable bonds is 3. The monoisotopic (exact) mass is 356 g/mol. The SMILES string of the molecule is O=C(Nc1cccc([N+](=O)[O-])c1)c1c(F)cc(Br)cc1F. The van der Waals surface area contributed by atoms with Gasteiger partial charge < -0.3 is 5.32 Å². The number of nitrogens with one attached hydrogen (secondary N) is 1. The Hall–Kier alpha value is -2.35. The summed E-state index contributed by atoms with van der Waals surface area (Å²) in [4.78, 5) is 21.9. The van der Waals surface area contributed by atoms with Crippen LogP contribution in [-0.2, 0) is 0 Å². The summed E-state index contributed by atoms with van der Waals surface area (Å²) in [6, 6.07) is 6.95. The quantitative estimate of drug-likeness (QED) is 0.669. The van der Waals surface area contributed by atoms with Gasteiger partial charge in [-0.3, -0.25) is 14.9 Å². The number of hydrogen-bond acceptors (Lipinski definition) is 3. The summed E-state index contributed by atoms with van der Waals surface area (Å²) in [5.41, 5.74) is -0.940. The van der Waals surface area contributed by atoms with Crippen LogP contribution in [0.4, 0.5) is 20.2 Å². The minimum Gasteiger partial charge on any atom is -0.322 e. The summed E-state index contributed by atoms with van der Waals surface area (Å²) < 4.78 is 27.4. The highest BCUT2D eigenvalue weighted by Crippen LogP contribution is 2.22. The number of anilines is 1. The second-order valence-corrected chi connectivity index (χ2v) is 4.92. The molecule has 108 valence electrons. The lowest BCUT2D eigenvalue weighted by Gasteiger charge is -2.07. The van der Waals surface area contributed by atoms with Crippen LogP contribution in [0.15, 0.2) is 40.9 Å². The van der Waals surface area contributed by atoms with E-state index in [0.717, 1.165) is 18.2 Å². The zero-order valence-corrected chi connectivity index (χ0v) is 11.9. The van der Waals surface area contributed by atoms with Crippen molar-refractivity contribution < 1.29 is 18.5 Å². The molecule has 0 aliphatic heterocycles. The Morgan fingerprint density at radius 3 is 2.38 bits per heavy atom. The molecule has 0 fully saturated rings. The molecule has 0 spiro atoms. The predicted molar refractivity (Wildman–Crippen MR) is 75.1 cm³/mol. The van der Waals surface area contributed by atoms with Crippen LogP contribution in [0, 0.1) is 21.7 Å². The third-order valence-electron chi connectivity index (χ3n) is 2.55. The second kappa shape index (κ2) is 5.96. The smallest absolute Gasteiger partial charge is 0.271 e. The summed E-state index contributed by atoms with van der Waals surface area (Å²) >= 11 is 2.90. The first kappa shape index (κ1) is 15.0. The van der Waals surface area contributed by atoms with Gasteiger partial charge in [0, 0.05) is 22.3 Å². The van der Waals surface area contributed by atoms with E-state index in [-0.39, 0.29) is 15.8 Å². The van der Waals surface area contributed by atoms with E-state index in [9.17, 15) is 23.7 Å². The van der Waals surface area contributed by atoms with Crippen LogP contribution in [0.1, 0.15) is 10.4 Å². The Labute approximate surface area is 125 Å². The first-order valence-corrected chi connectivity index (χ1v) is 6.38. The summed E-state index contributed by atoms with van der Waals surface area (Å²) in [5, 5.41) is 12.8. The Balaban J connectivity index is 2.30. The van der Waals surface area contributed by atoms with Crippen molar-refractivity contribution in [2.75, 3.05) is 5.32 Å². The molecule has 2 aromatic rings. The van der Waals surface area contributed by atoms with Gasteiger partial charge in [0.15, 0.2) is 0 Å². The highest BCUT2D eigenvalue weighted by Gasteiger charge is 2.19. The zero-order chi connectivity index (χ0) is 15.6. The molecule has 0 unspecified atom stereocenters. The third kappa shape index (κ3) is 3.40. The first-order chi connectivity index (χ1) is 9.88. The highest BCUT2D eigenvalue weighted by molar-refractivity contribution is 9.10. The number of halogens is 3. The number of carbonyl (C=O) groups excluding carboxylic acids is 1. The molecule has 0 aliphatic rings. The van der Waals surface area contributed by atoms with E-state index in [1.54, 1.807) is 0 Å². The molecule has 0 saturated heterocycles. The zero-order valence-electron chi connectivity index (χ0n) is 10.3. The number of benzene rings is 2. The number of carbonyl (C=O) groups is 1. The molecule has 0 radical (unpaired) electrons. The fourth-order valence-electron chi connectivity index (χ4n) is 1.65. The molecule has 1 N–H and O–H groups in total. The summed E-state index contributed by atoms with van der Waals surface area (Å²) in [5.74, 6) is -3.10. The van der Waals surface area contributed by atoms with Crippen LogP contribution in [0.3, 0.4) is 0 Å². The molecule has 0 bridgehead atoms. The van der Waals surface area contributed by atoms with Crippen molar-refractivity contribution in [3.63, 3.8) is 0 Å². The number of nitrogens with zero attached hydrogens (tertiary/aromatic N) is 1. The molecule has 0 saturated carbocycles. The van der Waals surface area contributed by atoms with Crippen LogP contribution in [0.25, 0.3) is 0 Å². The number of hydrogen-bond donors (Lipinski definition) is 1.